The molecular weight excluding hydrogens is 504 g/mol. The van der Waals surface area contributed by atoms with Gasteiger partial charge in [0, 0.05) is 42.4 Å². The molecule has 0 spiro atoms. The zero-order valence-electron chi connectivity index (χ0n) is 21.2. The van der Waals surface area contributed by atoms with Gasteiger partial charge in [0.25, 0.3) is 0 Å². The van der Waals surface area contributed by atoms with Crippen LogP contribution >= 0.6 is 0 Å². The normalized spacial score (nSPS) is 16.5. The first-order valence-corrected chi connectivity index (χ1v) is 12.6. The smallest absolute Gasteiger partial charge is 0.190 e. The number of methoxy groups -OCH3 is 1. The minimum absolute atomic E-state index is 0.0227. The Hall–Kier alpha value is -2.95. The van der Waals surface area contributed by atoms with Crippen LogP contribution < -0.4 is 9.47 Å². The fourth-order valence-electron chi connectivity index (χ4n) is 5.13. The van der Waals surface area contributed by atoms with Gasteiger partial charge in [0.15, 0.2) is 17.4 Å². The third-order valence-electron chi connectivity index (χ3n) is 7.49. The zero-order chi connectivity index (χ0) is 27.3. The number of fused-ring (bicyclic) bond motifs is 1. The van der Waals surface area contributed by atoms with Crippen LogP contribution in [0.25, 0.3) is 10.9 Å². The molecule has 4 rings (SSSR count). The lowest BCUT2D eigenvalue weighted by Crippen LogP contribution is -2.43. The van der Waals surface area contributed by atoms with Crippen molar-refractivity contribution >= 4 is 10.9 Å². The Bertz CT molecular complexity index is 1220. The highest BCUT2D eigenvalue weighted by molar-refractivity contribution is 5.85. The maximum atomic E-state index is 13.8. The van der Waals surface area contributed by atoms with E-state index in [0.29, 0.717) is 85.2 Å². The SMILES string of the molecule is COc1ccc2ncc(CF)c([C@@H](O)CCC3(CO)CCN(CCOc4c(F)cc(F)cc4F)CC3)c2c1. The van der Waals surface area contributed by atoms with E-state index < -0.39 is 41.4 Å². The Morgan fingerprint density at radius 3 is 2.45 bits per heavy atom. The number of piperidine rings is 1. The van der Waals surface area contributed by atoms with E-state index in [9.17, 15) is 27.8 Å². The third-order valence-corrected chi connectivity index (χ3v) is 7.49. The van der Waals surface area contributed by atoms with E-state index in [-0.39, 0.29) is 13.2 Å². The van der Waals surface area contributed by atoms with Gasteiger partial charge in [0.05, 0.1) is 18.7 Å². The Balaban J connectivity index is 1.35. The second kappa shape index (κ2) is 12.3. The molecule has 2 aromatic carbocycles. The highest BCUT2D eigenvalue weighted by Gasteiger charge is 2.35. The fourth-order valence-corrected chi connectivity index (χ4v) is 5.13. The molecule has 1 aromatic heterocycles. The molecule has 0 radical (unpaired) electrons. The number of aliphatic hydroxyl groups is 2. The minimum Gasteiger partial charge on any atom is -0.497 e. The standard InChI is InChI=1S/C28H32F4N2O4/c1-37-20-2-3-24-21(14-20)26(18(15-29)16-33-24)25(36)4-5-28(17-35)6-8-34(9-7-28)10-11-38-27-22(31)12-19(30)13-23(27)32/h2-3,12-14,16,25,35-36H,4-11,15,17H2,1H3/t25-/m0/s1. The number of aliphatic hydroxyl groups excluding tert-OH is 2. The number of halogens is 4. The minimum atomic E-state index is -1.09. The van der Waals surface area contributed by atoms with Gasteiger partial charge in [-0.1, -0.05) is 0 Å². The summed E-state index contributed by atoms with van der Waals surface area (Å²) in [5.74, 6) is -3.20. The molecule has 6 nitrogen and oxygen atoms in total. The lowest BCUT2D eigenvalue weighted by molar-refractivity contribution is 0.0201. The molecule has 0 bridgehead atoms. The van der Waals surface area contributed by atoms with E-state index in [2.05, 4.69) is 9.88 Å². The maximum absolute atomic E-state index is 13.8. The van der Waals surface area contributed by atoms with Gasteiger partial charge in [-0.3, -0.25) is 9.88 Å². The van der Waals surface area contributed by atoms with Crippen molar-refractivity contribution in [2.24, 2.45) is 5.41 Å². The molecule has 1 aliphatic rings. The van der Waals surface area contributed by atoms with Crippen LogP contribution in [0.2, 0.25) is 0 Å². The fraction of sp³-hybridized carbons (Fsp3) is 0.464. The van der Waals surface area contributed by atoms with Crippen LogP contribution in [0.5, 0.6) is 11.5 Å². The zero-order valence-corrected chi connectivity index (χ0v) is 21.2. The van der Waals surface area contributed by atoms with Gasteiger partial charge in [-0.25, -0.2) is 17.6 Å². The number of benzene rings is 2. The van der Waals surface area contributed by atoms with Crippen molar-refractivity contribution in [3.63, 3.8) is 0 Å². The predicted molar refractivity (Wildman–Crippen MR) is 134 cm³/mol. The van der Waals surface area contributed by atoms with Crippen molar-refractivity contribution in [2.75, 3.05) is 40.0 Å². The average molecular weight is 537 g/mol. The van der Waals surface area contributed by atoms with Crippen LogP contribution in [-0.4, -0.2) is 60.1 Å². The van der Waals surface area contributed by atoms with E-state index in [4.69, 9.17) is 9.47 Å². The van der Waals surface area contributed by atoms with E-state index in [1.807, 2.05) is 0 Å². The van der Waals surface area contributed by atoms with Gasteiger partial charge in [-0.2, -0.15) is 0 Å². The summed E-state index contributed by atoms with van der Waals surface area (Å²) in [5, 5.41) is 22.0. The van der Waals surface area contributed by atoms with E-state index >= 15 is 0 Å². The first-order valence-electron chi connectivity index (χ1n) is 12.6. The van der Waals surface area contributed by atoms with Gasteiger partial charge >= 0.3 is 0 Å². The summed E-state index contributed by atoms with van der Waals surface area (Å²) in [6.07, 6.45) is 2.65. The summed E-state index contributed by atoms with van der Waals surface area (Å²) in [4.78, 5) is 6.36. The molecule has 10 heteroatoms. The summed E-state index contributed by atoms with van der Waals surface area (Å²) < 4.78 is 64.9. The van der Waals surface area contributed by atoms with E-state index in [1.165, 1.54) is 13.3 Å². The highest BCUT2D eigenvalue weighted by atomic mass is 19.1. The second-order valence-electron chi connectivity index (χ2n) is 9.82. The van der Waals surface area contributed by atoms with Crippen LogP contribution in [0.3, 0.4) is 0 Å². The van der Waals surface area contributed by atoms with Gasteiger partial charge in [-0.05, 0) is 68.0 Å². The number of aromatic nitrogens is 1. The molecule has 38 heavy (non-hydrogen) atoms. The van der Waals surface area contributed by atoms with Crippen LogP contribution in [0.1, 0.15) is 42.9 Å². The van der Waals surface area contributed by atoms with Crippen molar-refractivity contribution in [2.45, 2.75) is 38.5 Å². The van der Waals surface area contributed by atoms with Gasteiger partial charge in [0.2, 0.25) is 0 Å². The molecule has 1 fully saturated rings. The summed E-state index contributed by atoms with van der Waals surface area (Å²) in [5.41, 5.74) is 1.02. The van der Waals surface area contributed by atoms with Crippen molar-refractivity contribution < 1.29 is 37.2 Å². The Morgan fingerprint density at radius 2 is 1.82 bits per heavy atom. The summed E-state index contributed by atoms with van der Waals surface area (Å²) in [7, 11) is 1.53. The van der Waals surface area contributed by atoms with Gasteiger partial charge in [-0.15, -0.1) is 0 Å². The first kappa shape index (κ1) is 28.1. The number of rotatable bonds is 11. The number of pyridine rings is 1. The quantitative estimate of drug-likeness (QED) is 0.333. The summed E-state index contributed by atoms with van der Waals surface area (Å²) in [6, 6.07) is 6.41. The van der Waals surface area contributed by atoms with Crippen LogP contribution in [-0.2, 0) is 6.67 Å². The number of nitrogens with zero attached hydrogens (tertiary/aromatic N) is 2. The van der Waals surface area contributed by atoms with Crippen molar-refractivity contribution in [1.29, 1.82) is 0 Å². The van der Waals surface area contributed by atoms with Gasteiger partial charge < -0.3 is 19.7 Å². The first-order chi connectivity index (χ1) is 18.3. The molecular formula is C28H32F4N2O4. The molecule has 2 N–H and O–H groups in total. The molecule has 0 unspecified atom stereocenters. The van der Waals surface area contributed by atoms with Crippen molar-refractivity contribution in [1.82, 2.24) is 9.88 Å². The van der Waals surface area contributed by atoms with Gasteiger partial charge in [0.1, 0.15) is 24.8 Å². The highest BCUT2D eigenvalue weighted by Crippen LogP contribution is 2.40. The number of likely N-dealkylation sites (tertiary alicyclic amines) is 1. The largest absolute Gasteiger partial charge is 0.497 e. The number of hydrogen-bond acceptors (Lipinski definition) is 6. The lowest BCUT2D eigenvalue weighted by atomic mass is 9.74. The number of alkyl halides is 1. The van der Waals surface area contributed by atoms with E-state index in [1.54, 1.807) is 18.2 Å². The van der Waals surface area contributed by atoms with Crippen LogP contribution in [0, 0.1) is 22.9 Å². The molecule has 2 heterocycles. The average Bonchev–Trinajstić information content (AvgIpc) is 2.92. The van der Waals surface area contributed by atoms with E-state index in [0.717, 1.165) is 0 Å². The summed E-state index contributed by atoms with van der Waals surface area (Å²) in [6.45, 7) is 0.858. The molecule has 1 saturated heterocycles. The molecule has 1 aliphatic heterocycles. The Kier molecular flexibility index (Phi) is 9.07. The third kappa shape index (κ3) is 6.19. The molecule has 0 amide bonds. The molecule has 3 aromatic rings. The lowest BCUT2D eigenvalue weighted by Gasteiger charge is -2.41. The predicted octanol–water partition coefficient (Wildman–Crippen LogP) is 5.10. The van der Waals surface area contributed by atoms with Crippen LogP contribution in [0.15, 0.2) is 36.5 Å². The van der Waals surface area contributed by atoms with Crippen molar-refractivity contribution in [3.8, 4) is 11.5 Å². The maximum Gasteiger partial charge on any atom is 0.190 e. The second-order valence-corrected chi connectivity index (χ2v) is 9.82. The topological polar surface area (TPSA) is 75.0 Å². The molecule has 0 aliphatic carbocycles. The van der Waals surface area contributed by atoms with Crippen molar-refractivity contribution in [3.05, 3.63) is 65.1 Å². The Labute approximate surface area is 218 Å². The molecule has 206 valence electrons. The summed E-state index contributed by atoms with van der Waals surface area (Å²) >= 11 is 0. The molecule has 0 saturated carbocycles. The Morgan fingerprint density at radius 1 is 1.11 bits per heavy atom. The monoisotopic (exact) mass is 536 g/mol. The van der Waals surface area contributed by atoms with Crippen LogP contribution in [0.4, 0.5) is 17.6 Å². The molecule has 1 atom stereocenters. The number of ether oxygens (including phenoxy) is 2. The number of hydrogen-bond donors (Lipinski definition) is 2.